The lowest BCUT2D eigenvalue weighted by Crippen LogP contribution is -2.30. The number of carbonyl (C=O) groups excluding carboxylic acids is 1. The van der Waals surface area contributed by atoms with Gasteiger partial charge in [0.15, 0.2) is 5.13 Å². The van der Waals surface area contributed by atoms with E-state index in [1.807, 2.05) is 0 Å². The van der Waals surface area contributed by atoms with Crippen LogP contribution in [0.3, 0.4) is 0 Å². The molecule has 0 saturated carbocycles. The molecular weight excluding hydrogens is 342 g/mol. The molecule has 1 aromatic carbocycles. The maximum absolute atomic E-state index is 11.9. The molecule has 0 saturated heterocycles. The molecule has 0 aliphatic carbocycles. The Hall–Kier alpha value is -2.26. The van der Waals surface area contributed by atoms with Crippen molar-refractivity contribution in [2.45, 2.75) is 26.7 Å². The number of carbonyl (C=O) groups is 1. The molecule has 2 N–H and O–H groups in total. The molecule has 2 rings (SSSR count). The summed E-state index contributed by atoms with van der Waals surface area (Å²) in [5, 5.41) is 16.7. The third-order valence-corrected chi connectivity index (χ3v) is 4.82. The molecule has 0 spiro atoms. The fourth-order valence-corrected chi connectivity index (χ4v) is 3.32. The van der Waals surface area contributed by atoms with Crippen LogP contribution in [0.1, 0.15) is 26.7 Å². The number of nitro benzene ring substituents is 1. The van der Waals surface area contributed by atoms with Crippen LogP contribution in [0, 0.1) is 10.1 Å². The van der Waals surface area contributed by atoms with Crippen LogP contribution in [-0.2, 0) is 0 Å². The average molecular weight is 365 g/mol. The number of amides is 2. The smallest absolute Gasteiger partial charge is 0.321 e. The molecule has 0 radical (unpaired) electrons. The molecule has 0 unspecified atom stereocenters. The van der Waals surface area contributed by atoms with Crippen molar-refractivity contribution in [1.29, 1.82) is 0 Å². The molecule has 136 valence electrons. The van der Waals surface area contributed by atoms with Crippen molar-refractivity contribution in [3.63, 3.8) is 0 Å². The molecule has 0 aliphatic heterocycles. The number of rotatable bonds is 9. The van der Waals surface area contributed by atoms with Gasteiger partial charge in [0.05, 0.1) is 15.1 Å². The Balaban J connectivity index is 1.78. The number of nitrogens with one attached hydrogen (secondary N) is 2. The van der Waals surface area contributed by atoms with Crippen LogP contribution in [0.5, 0.6) is 0 Å². The minimum Gasteiger partial charge on any atom is -0.338 e. The Morgan fingerprint density at radius 1 is 1.32 bits per heavy atom. The molecule has 8 nitrogen and oxygen atoms in total. The van der Waals surface area contributed by atoms with Crippen molar-refractivity contribution >= 4 is 38.4 Å². The van der Waals surface area contributed by atoms with E-state index in [4.69, 9.17) is 0 Å². The lowest BCUT2D eigenvalue weighted by molar-refractivity contribution is -0.384. The normalized spacial score (nSPS) is 11.0. The zero-order valence-corrected chi connectivity index (χ0v) is 15.3. The number of non-ortho nitro benzene ring substituents is 1. The molecule has 0 atom stereocenters. The summed E-state index contributed by atoms with van der Waals surface area (Å²) in [7, 11) is 0. The standard InChI is InChI=1S/C16H23N5O3S/c1-3-20(4-2)10-6-5-9-17-15(22)19-16-18-13-8-7-12(21(23)24)11-14(13)25-16/h7-8,11H,3-6,9-10H2,1-2H3,(H2,17,18,19,22). The van der Waals surface area contributed by atoms with Crippen LogP contribution < -0.4 is 10.6 Å². The van der Waals surface area contributed by atoms with Crippen molar-refractivity contribution in [2.75, 3.05) is 31.5 Å². The monoisotopic (exact) mass is 365 g/mol. The minimum absolute atomic E-state index is 0.0142. The number of hydrogen-bond donors (Lipinski definition) is 2. The molecule has 2 aromatic rings. The summed E-state index contributed by atoms with van der Waals surface area (Å²) < 4.78 is 0.670. The van der Waals surface area contributed by atoms with Crippen LogP contribution in [0.15, 0.2) is 18.2 Å². The first kappa shape index (κ1) is 19.1. The summed E-state index contributed by atoms with van der Waals surface area (Å²) >= 11 is 1.22. The fourth-order valence-electron chi connectivity index (χ4n) is 2.42. The van der Waals surface area contributed by atoms with Gasteiger partial charge in [-0.3, -0.25) is 15.4 Å². The highest BCUT2D eigenvalue weighted by Crippen LogP contribution is 2.28. The zero-order valence-electron chi connectivity index (χ0n) is 14.4. The van der Waals surface area contributed by atoms with Crippen molar-refractivity contribution in [3.05, 3.63) is 28.3 Å². The number of benzene rings is 1. The highest BCUT2D eigenvalue weighted by molar-refractivity contribution is 7.22. The van der Waals surface area contributed by atoms with Gasteiger partial charge in [0.2, 0.25) is 0 Å². The molecule has 1 aromatic heterocycles. The summed E-state index contributed by atoms with van der Waals surface area (Å²) in [6, 6.07) is 4.14. The second-order valence-corrected chi connectivity index (χ2v) is 6.57. The van der Waals surface area contributed by atoms with E-state index in [2.05, 4.69) is 34.4 Å². The van der Waals surface area contributed by atoms with E-state index >= 15 is 0 Å². The number of fused-ring (bicyclic) bond motifs is 1. The zero-order chi connectivity index (χ0) is 18.2. The SMILES string of the molecule is CCN(CC)CCCCNC(=O)Nc1nc2ccc([N+](=O)[O-])cc2s1. The molecule has 2 amide bonds. The lowest BCUT2D eigenvalue weighted by Gasteiger charge is -2.17. The number of hydrogen-bond acceptors (Lipinski definition) is 6. The Labute approximate surface area is 150 Å². The Kier molecular flexibility index (Phi) is 7.08. The number of anilines is 1. The summed E-state index contributed by atoms with van der Waals surface area (Å²) in [4.78, 5) is 28.8. The van der Waals surface area contributed by atoms with Crippen LogP contribution in [0.4, 0.5) is 15.6 Å². The maximum Gasteiger partial charge on any atom is 0.321 e. The highest BCUT2D eigenvalue weighted by Gasteiger charge is 2.11. The third kappa shape index (κ3) is 5.64. The first-order valence-electron chi connectivity index (χ1n) is 8.35. The van der Waals surface area contributed by atoms with Gasteiger partial charge in [-0.1, -0.05) is 25.2 Å². The Morgan fingerprint density at radius 2 is 2.08 bits per heavy atom. The van der Waals surface area contributed by atoms with E-state index in [0.29, 0.717) is 21.9 Å². The topological polar surface area (TPSA) is 100 Å². The number of unbranched alkanes of at least 4 members (excludes halogenated alkanes) is 1. The van der Waals surface area contributed by atoms with Gasteiger partial charge in [-0.15, -0.1) is 0 Å². The van der Waals surface area contributed by atoms with E-state index in [1.54, 1.807) is 6.07 Å². The number of thiazole rings is 1. The van der Waals surface area contributed by atoms with E-state index in [9.17, 15) is 14.9 Å². The maximum atomic E-state index is 11.9. The molecule has 1 heterocycles. The van der Waals surface area contributed by atoms with E-state index in [0.717, 1.165) is 32.5 Å². The van der Waals surface area contributed by atoms with Gasteiger partial charge in [0.25, 0.3) is 5.69 Å². The van der Waals surface area contributed by atoms with Crippen molar-refractivity contribution < 1.29 is 9.72 Å². The van der Waals surface area contributed by atoms with Crippen molar-refractivity contribution in [1.82, 2.24) is 15.2 Å². The highest BCUT2D eigenvalue weighted by atomic mass is 32.1. The first-order chi connectivity index (χ1) is 12.0. The molecule has 0 aliphatic rings. The minimum atomic E-state index is -0.447. The number of nitro groups is 1. The second kappa shape index (κ2) is 9.28. The summed E-state index contributed by atoms with van der Waals surface area (Å²) in [5.74, 6) is 0. The van der Waals surface area contributed by atoms with E-state index in [1.165, 1.54) is 23.5 Å². The first-order valence-corrected chi connectivity index (χ1v) is 9.17. The Morgan fingerprint density at radius 3 is 2.76 bits per heavy atom. The molecule has 0 bridgehead atoms. The van der Waals surface area contributed by atoms with Crippen molar-refractivity contribution in [2.24, 2.45) is 0 Å². The lowest BCUT2D eigenvalue weighted by atomic mass is 10.3. The molecular formula is C16H23N5O3S. The van der Waals surface area contributed by atoms with E-state index < -0.39 is 4.92 Å². The van der Waals surface area contributed by atoms with Crippen LogP contribution in [-0.4, -0.2) is 47.0 Å². The molecule has 9 heteroatoms. The quantitative estimate of drug-likeness (QED) is 0.403. The molecule has 0 fully saturated rings. The van der Waals surface area contributed by atoms with E-state index in [-0.39, 0.29) is 11.7 Å². The van der Waals surface area contributed by atoms with Gasteiger partial charge in [0.1, 0.15) is 0 Å². The van der Waals surface area contributed by atoms with Crippen LogP contribution in [0.25, 0.3) is 10.2 Å². The van der Waals surface area contributed by atoms with Gasteiger partial charge in [-0.2, -0.15) is 0 Å². The van der Waals surface area contributed by atoms with Gasteiger partial charge >= 0.3 is 6.03 Å². The average Bonchev–Trinajstić information content (AvgIpc) is 2.99. The second-order valence-electron chi connectivity index (χ2n) is 5.54. The predicted octanol–water partition coefficient (Wildman–Crippen LogP) is 3.45. The van der Waals surface area contributed by atoms with Crippen molar-refractivity contribution in [3.8, 4) is 0 Å². The van der Waals surface area contributed by atoms with Gasteiger partial charge < -0.3 is 10.2 Å². The van der Waals surface area contributed by atoms with Crippen LogP contribution in [0.2, 0.25) is 0 Å². The number of aromatic nitrogens is 1. The number of urea groups is 1. The van der Waals surface area contributed by atoms with Crippen LogP contribution >= 0.6 is 11.3 Å². The third-order valence-electron chi connectivity index (χ3n) is 3.88. The Bertz CT molecular complexity index is 730. The van der Waals surface area contributed by atoms with Gasteiger partial charge in [0, 0.05) is 18.7 Å². The fraction of sp³-hybridized carbons (Fsp3) is 0.500. The molecule has 25 heavy (non-hydrogen) atoms. The van der Waals surface area contributed by atoms with Gasteiger partial charge in [-0.05, 0) is 38.5 Å². The number of nitrogens with zero attached hydrogens (tertiary/aromatic N) is 3. The summed E-state index contributed by atoms with van der Waals surface area (Å²) in [6.07, 6.45) is 1.95. The largest absolute Gasteiger partial charge is 0.338 e. The summed E-state index contributed by atoms with van der Waals surface area (Å²) in [5.41, 5.74) is 0.644. The summed E-state index contributed by atoms with van der Waals surface area (Å²) in [6.45, 7) is 8.00. The predicted molar refractivity (Wildman–Crippen MR) is 100 cm³/mol. The van der Waals surface area contributed by atoms with Gasteiger partial charge in [-0.25, -0.2) is 9.78 Å².